The summed E-state index contributed by atoms with van der Waals surface area (Å²) in [4.78, 5) is 65.0. The fourth-order valence-electron chi connectivity index (χ4n) is 4.20. The third-order valence-corrected chi connectivity index (χ3v) is 6.26. The van der Waals surface area contributed by atoms with Crippen LogP contribution in [0.4, 0.5) is 4.79 Å². The molecule has 0 spiro atoms. The molecule has 2 amide bonds. The number of carbonyl (C=O) groups excluding carboxylic acids is 5. The van der Waals surface area contributed by atoms with E-state index >= 15 is 0 Å². The van der Waals surface area contributed by atoms with Gasteiger partial charge in [-0.05, 0) is 16.7 Å². The predicted molar refractivity (Wildman–Crippen MR) is 132 cm³/mol. The molecule has 3 atom stereocenters. The third-order valence-electron chi connectivity index (χ3n) is 6.26. The van der Waals surface area contributed by atoms with Crippen LogP contribution >= 0.6 is 0 Å². The van der Waals surface area contributed by atoms with Crippen molar-refractivity contribution >= 4 is 29.9 Å². The van der Waals surface area contributed by atoms with E-state index in [-0.39, 0.29) is 19.6 Å². The highest BCUT2D eigenvalue weighted by Crippen LogP contribution is 2.25. The van der Waals surface area contributed by atoms with E-state index in [0.29, 0.717) is 0 Å². The molecule has 0 saturated heterocycles. The van der Waals surface area contributed by atoms with Gasteiger partial charge in [-0.25, -0.2) is 9.59 Å². The van der Waals surface area contributed by atoms with E-state index < -0.39 is 54.3 Å². The molecule has 11 nitrogen and oxygen atoms in total. The average Bonchev–Trinajstić information content (AvgIpc) is 2.96. The van der Waals surface area contributed by atoms with Crippen LogP contribution < -0.4 is 5.32 Å². The van der Waals surface area contributed by atoms with Crippen LogP contribution in [0.3, 0.4) is 0 Å². The minimum Gasteiger partial charge on any atom is -0.469 e. The quantitative estimate of drug-likeness (QED) is 0.383. The van der Waals surface area contributed by atoms with Crippen LogP contribution in [0.2, 0.25) is 0 Å². The van der Waals surface area contributed by atoms with E-state index in [0.717, 1.165) is 38.0 Å². The summed E-state index contributed by atoms with van der Waals surface area (Å²) in [6.45, 7) is 0.0911. The largest absolute Gasteiger partial charge is 0.469 e. The minimum absolute atomic E-state index is 0.000485. The van der Waals surface area contributed by atoms with Gasteiger partial charge in [-0.2, -0.15) is 0 Å². The van der Waals surface area contributed by atoms with Gasteiger partial charge in [0.05, 0.1) is 40.2 Å². The summed E-state index contributed by atoms with van der Waals surface area (Å²) in [5.41, 5.74) is 2.46. The Morgan fingerprint density at radius 2 is 1.50 bits per heavy atom. The molecule has 1 N–H and O–H groups in total. The van der Waals surface area contributed by atoms with Gasteiger partial charge in [-0.15, -0.1) is 0 Å². The maximum Gasteiger partial charge on any atom is 0.411 e. The number of esters is 3. The second-order valence-electron chi connectivity index (χ2n) is 8.58. The number of carbonyl (C=O) groups is 5. The molecule has 3 rings (SSSR count). The van der Waals surface area contributed by atoms with Crippen molar-refractivity contribution in [3.8, 4) is 0 Å². The van der Waals surface area contributed by atoms with Crippen molar-refractivity contribution in [3.63, 3.8) is 0 Å². The molecule has 0 unspecified atom stereocenters. The third kappa shape index (κ3) is 6.87. The molecular weight excluding hydrogens is 496 g/mol. The SMILES string of the molecule is COC(=O)C[C@H](C(=O)OC)[C@H](NC(=O)[C@@H]1Cc2ccccc2CN1C(=O)OCc1ccccc1)C(=O)OC. The van der Waals surface area contributed by atoms with E-state index in [1.165, 1.54) is 4.90 Å². The number of ether oxygens (including phenoxy) is 4. The van der Waals surface area contributed by atoms with E-state index in [1.54, 1.807) is 12.1 Å². The van der Waals surface area contributed by atoms with Gasteiger partial charge in [-0.3, -0.25) is 19.3 Å². The molecule has 1 aliphatic heterocycles. The first-order valence-corrected chi connectivity index (χ1v) is 11.9. The highest BCUT2D eigenvalue weighted by molar-refractivity contribution is 5.94. The molecule has 202 valence electrons. The van der Waals surface area contributed by atoms with Gasteiger partial charge in [0.15, 0.2) is 0 Å². The first-order chi connectivity index (χ1) is 18.3. The van der Waals surface area contributed by atoms with Gasteiger partial charge in [0, 0.05) is 6.42 Å². The van der Waals surface area contributed by atoms with Crippen molar-refractivity contribution in [1.82, 2.24) is 10.2 Å². The maximum atomic E-state index is 13.6. The van der Waals surface area contributed by atoms with Gasteiger partial charge < -0.3 is 24.3 Å². The van der Waals surface area contributed by atoms with Gasteiger partial charge >= 0.3 is 24.0 Å². The fraction of sp³-hybridized carbons (Fsp3) is 0.370. The summed E-state index contributed by atoms with van der Waals surface area (Å²) in [5, 5.41) is 2.50. The van der Waals surface area contributed by atoms with Crippen LogP contribution in [-0.2, 0) is 57.7 Å². The molecule has 0 saturated carbocycles. The minimum atomic E-state index is -1.57. The number of hydrogen-bond acceptors (Lipinski definition) is 9. The standard InChI is InChI=1S/C27H30N2O9/c1-35-22(30)14-20(25(32)36-2)23(26(33)37-3)28-24(31)21-13-18-11-7-8-12-19(18)15-29(21)27(34)38-16-17-9-5-4-6-10-17/h4-12,20-21,23H,13-16H2,1-3H3,(H,28,31)/t20-,21-,23-/m0/s1. The molecule has 1 aliphatic rings. The van der Waals surface area contributed by atoms with Crippen LogP contribution in [0.5, 0.6) is 0 Å². The zero-order chi connectivity index (χ0) is 27.7. The molecule has 0 aliphatic carbocycles. The van der Waals surface area contributed by atoms with Crippen LogP contribution in [0.15, 0.2) is 54.6 Å². The monoisotopic (exact) mass is 526 g/mol. The second-order valence-corrected chi connectivity index (χ2v) is 8.58. The number of amides is 2. The van der Waals surface area contributed by atoms with Gasteiger partial charge in [0.2, 0.25) is 5.91 Å². The second kappa shape index (κ2) is 13.2. The summed E-state index contributed by atoms with van der Waals surface area (Å²) < 4.78 is 19.7. The Bertz CT molecular complexity index is 1170. The summed E-state index contributed by atoms with van der Waals surface area (Å²) in [6, 6.07) is 13.8. The van der Waals surface area contributed by atoms with Gasteiger partial charge in [0.1, 0.15) is 18.7 Å². The van der Waals surface area contributed by atoms with Crippen LogP contribution in [0.1, 0.15) is 23.1 Å². The number of nitrogens with one attached hydrogen (secondary N) is 1. The number of rotatable bonds is 9. The number of nitrogens with zero attached hydrogens (tertiary/aromatic N) is 1. The Balaban J connectivity index is 1.87. The molecule has 38 heavy (non-hydrogen) atoms. The summed E-state index contributed by atoms with van der Waals surface area (Å²) >= 11 is 0. The van der Waals surface area contributed by atoms with Crippen molar-refractivity contribution in [2.45, 2.75) is 38.1 Å². The Labute approximate surface area is 220 Å². The van der Waals surface area contributed by atoms with Crippen molar-refractivity contribution in [3.05, 3.63) is 71.3 Å². The zero-order valence-corrected chi connectivity index (χ0v) is 21.4. The first-order valence-electron chi connectivity index (χ1n) is 11.9. The van der Waals surface area contributed by atoms with E-state index in [9.17, 15) is 24.0 Å². The van der Waals surface area contributed by atoms with Crippen LogP contribution in [0.25, 0.3) is 0 Å². The normalized spacial score (nSPS) is 15.8. The van der Waals surface area contributed by atoms with Crippen molar-refractivity contribution in [2.75, 3.05) is 21.3 Å². The molecule has 2 aromatic carbocycles. The smallest absolute Gasteiger partial charge is 0.411 e. The van der Waals surface area contributed by atoms with Gasteiger partial charge in [0.25, 0.3) is 0 Å². The summed E-state index contributed by atoms with van der Waals surface area (Å²) in [5.74, 6) is -4.82. The first kappa shape index (κ1) is 28.2. The molecular formula is C27H30N2O9. The Kier molecular flexibility index (Phi) is 9.80. The topological polar surface area (TPSA) is 138 Å². The Morgan fingerprint density at radius 3 is 2.13 bits per heavy atom. The average molecular weight is 527 g/mol. The van der Waals surface area contributed by atoms with E-state index in [1.807, 2.05) is 42.5 Å². The molecule has 2 aromatic rings. The lowest BCUT2D eigenvalue weighted by Gasteiger charge is -2.36. The lowest BCUT2D eigenvalue weighted by atomic mass is 9.92. The van der Waals surface area contributed by atoms with Crippen molar-refractivity contribution in [2.24, 2.45) is 5.92 Å². The highest BCUT2D eigenvalue weighted by atomic mass is 16.6. The number of hydrogen-bond donors (Lipinski definition) is 1. The summed E-state index contributed by atoms with van der Waals surface area (Å²) in [7, 11) is 3.30. The Morgan fingerprint density at radius 1 is 0.868 bits per heavy atom. The molecule has 11 heteroatoms. The van der Waals surface area contributed by atoms with Crippen LogP contribution in [-0.4, -0.2) is 68.2 Å². The molecule has 0 radical (unpaired) electrons. The summed E-state index contributed by atoms with van der Waals surface area (Å²) in [6.07, 6.45) is -1.13. The van der Waals surface area contributed by atoms with Crippen LogP contribution in [0, 0.1) is 5.92 Å². The van der Waals surface area contributed by atoms with Crippen molar-refractivity contribution < 1.29 is 42.9 Å². The fourth-order valence-corrected chi connectivity index (χ4v) is 4.20. The maximum absolute atomic E-state index is 13.6. The lowest BCUT2D eigenvalue weighted by Crippen LogP contribution is -2.58. The number of benzene rings is 2. The van der Waals surface area contributed by atoms with Crippen molar-refractivity contribution in [1.29, 1.82) is 0 Å². The zero-order valence-electron chi connectivity index (χ0n) is 21.4. The van der Waals surface area contributed by atoms with Gasteiger partial charge in [-0.1, -0.05) is 54.6 Å². The van der Waals surface area contributed by atoms with E-state index in [2.05, 4.69) is 10.1 Å². The predicted octanol–water partition coefficient (Wildman–Crippen LogP) is 1.76. The Hall–Kier alpha value is -4.41. The molecule has 0 bridgehead atoms. The lowest BCUT2D eigenvalue weighted by molar-refractivity contribution is -0.159. The highest BCUT2D eigenvalue weighted by Gasteiger charge is 2.42. The molecule has 0 aromatic heterocycles. The van der Waals surface area contributed by atoms with E-state index in [4.69, 9.17) is 14.2 Å². The number of fused-ring (bicyclic) bond motifs is 1. The molecule has 1 heterocycles. The number of methoxy groups -OCH3 is 3. The molecule has 0 fully saturated rings.